The van der Waals surface area contributed by atoms with Crippen molar-refractivity contribution in [2.75, 3.05) is 25.0 Å². The number of hydrogen-bond acceptors (Lipinski definition) is 4. The van der Waals surface area contributed by atoms with Crippen molar-refractivity contribution in [3.8, 4) is 0 Å². The summed E-state index contributed by atoms with van der Waals surface area (Å²) in [4.78, 5) is 9.46. The quantitative estimate of drug-likeness (QED) is 0.915. The second-order valence-electron chi connectivity index (χ2n) is 6.71. The second kappa shape index (κ2) is 6.63. The molecule has 1 saturated carbocycles. The normalized spacial score (nSPS) is 22.2. The summed E-state index contributed by atoms with van der Waals surface area (Å²) in [6.45, 7) is 3.06. The molecule has 128 valence electrons. The number of likely N-dealkylation sites (tertiary alicyclic amines) is 1. The van der Waals surface area contributed by atoms with Gasteiger partial charge in [0.25, 0.3) is 0 Å². The average molecular weight is 328 g/mol. The lowest BCUT2D eigenvalue weighted by Crippen LogP contribution is -2.49. The van der Waals surface area contributed by atoms with E-state index in [1.807, 2.05) is 0 Å². The first-order valence-corrected chi connectivity index (χ1v) is 8.38. The van der Waals surface area contributed by atoms with Crippen LogP contribution < -0.4 is 5.32 Å². The van der Waals surface area contributed by atoms with Crippen LogP contribution in [0.3, 0.4) is 0 Å². The molecule has 1 saturated heterocycles. The van der Waals surface area contributed by atoms with E-state index in [-0.39, 0.29) is 11.4 Å². The van der Waals surface area contributed by atoms with Crippen LogP contribution in [-0.2, 0) is 6.18 Å². The number of anilines is 1. The molecule has 4 nitrogen and oxygen atoms in total. The van der Waals surface area contributed by atoms with E-state index in [0.717, 1.165) is 45.3 Å². The van der Waals surface area contributed by atoms with E-state index in [0.29, 0.717) is 0 Å². The molecule has 2 fully saturated rings. The Bertz CT molecular complexity index is 520. The number of nitrogens with zero attached hydrogens (tertiary/aromatic N) is 3. The van der Waals surface area contributed by atoms with Crippen molar-refractivity contribution >= 4 is 5.82 Å². The van der Waals surface area contributed by atoms with Gasteiger partial charge in [0, 0.05) is 12.7 Å². The van der Waals surface area contributed by atoms with Gasteiger partial charge in [0.15, 0.2) is 0 Å². The highest BCUT2D eigenvalue weighted by Gasteiger charge is 2.37. The van der Waals surface area contributed by atoms with Gasteiger partial charge in [-0.15, -0.1) is 0 Å². The molecule has 1 aliphatic carbocycles. The van der Waals surface area contributed by atoms with Crippen LogP contribution in [0.1, 0.15) is 50.8 Å². The van der Waals surface area contributed by atoms with Crippen LogP contribution in [0.4, 0.5) is 19.0 Å². The van der Waals surface area contributed by atoms with Crippen LogP contribution in [0.5, 0.6) is 0 Å². The van der Waals surface area contributed by atoms with Crippen molar-refractivity contribution < 1.29 is 13.2 Å². The molecular formula is C16H23F3N4. The van der Waals surface area contributed by atoms with E-state index in [4.69, 9.17) is 0 Å². The molecule has 1 aromatic rings. The Balaban J connectivity index is 1.77. The molecule has 2 heterocycles. The zero-order valence-corrected chi connectivity index (χ0v) is 13.2. The van der Waals surface area contributed by atoms with E-state index in [9.17, 15) is 13.2 Å². The summed E-state index contributed by atoms with van der Waals surface area (Å²) < 4.78 is 38.4. The molecule has 3 rings (SSSR count). The Morgan fingerprint density at radius 2 is 1.78 bits per heavy atom. The smallest absolute Gasteiger partial charge is 0.363 e. The maximum absolute atomic E-state index is 12.8. The van der Waals surface area contributed by atoms with E-state index in [1.54, 1.807) is 0 Å². The van der Waals surface area contributed by atoms with Crippen LogP contribution in [0.2, 0.25) is 0 Å². The minimum Gasteiger partial charge on any atom is -0.363 e. The van der Waals surface area contributed by atoms with Gasteiger partial charge in [0.05, 0.1) is 5.54 Å². The molecule has 23 heavy (non-hydrogen) atoms. The summed E-state index contributed by atoms with van der Waals surface area (Å²) in [5.41, 5.74) is -0.167. The van der Waals surface area contributed by atoms with Crippen molar-refractivity contribution in [2.45, 2.75) is 56.7 Å². The first-order chi connectivity index (χ1) is 11.0. The summed E-state index contributed by atoms with van der Waals surface area (Å²) in [5.74, 6) is -0.789. The molecule has 0 spiro atoms. The van der Waals surface area contributed by atoms with Crippen molar-refractivity contribution in [3.63, 3.8) is 0 Å². The largest absolute Gasteiger partial charge is 0.451 e. The lowest BCUT2D eigenvalue weighted by atomic mass is 9.81. The Morgan fingerprint density at radius 3 is 2.43 bits per heavy atom. The third kappa shape index (κ3) is 4.13. The number of halogens is 3. The minimum absolute atomic E-state index is 0.167. The highest BCUT2D eigenvalue weighted by Crippen LogP contribution is 2.34. The summed E-state index contributed by atoms with van der Waals surface area (Å²) >= 11 is 0. The van der Waals surface area contributed by atoms with Crippen LogP contribution in [-0.4, -0.2) is 40.0 Å². The van der Waals surface area contributed by atoms with Crippen molar-refractivity contribution in [3.05, 3.63) is 18.1 Å². The highest BCUT2D eigenvalue weighted by atomic mass is 19.4. The van der Waals surface area contributed by atoms with E-state index < -0.39 is 12.0 Å². The summed E-state index contributed by atoms with van der Waals surface area (Å²) in [6.07, 6.45) is 4.47. The topological polar surface area (TPSA) is 41.1 Å². The van der Waals surface area contributed by atoms with Crippen molar-refractivity contribution in [2.24, 2.45) is 0 Å². The predicted octanol–water partition coefficient (Wildman–Crippen LogP) is 3.71. The Morgan fingerprint density at radius 1 is 1.09 bits per heavy atom. The van der Waals surface area contributed by atoms with E-state index in [2.05, 4.69) is 20.2 Å². The fourth-order valence-corrected chi connectivity index (χ4v) is 3.76. The summed E-state index contributed by atoms with van der Waals surface area (Å²) in [5, 5.41) is 3.34. The van der Waals surface area contributed by atoms with Crippen LogP contribution in [0.15, 0.2) is 12.3 Å². The first-order valence-electron chi connectivity index (χ1n) is 8.38. The van der Waals surface area contributed by atoms with E-state index in [1.165, 1.54) is 31.5 Å². The maximum Gasteiger partial charge on any atom is 0.451 e. The van der Waals surface area contributed by atoms with E-state index >= 15 is 0 Å². The number of hydrogen-bond donors (Lipinski definition) is 1. The van der Waals surface area contributed by atoms with Gasteiger partial charge >= 0.3 is 6.18 Å². The second-order valence-corrected chi connectivity index (χ2v) is 6.71. The van der Waals surface area contributed by atoms with Gasteiger partial charge in [-0.2, -0.15) is 13.2 Å². The lowest BCUT2D eigenvalue weighted by Gasteiger charge is -2.41. The number of nitrogens with one attached hydrogen (secondary N) is 1. The predicted molar refractivity (Wildman–Crippen MR) is 82.1 cm³/mol. The van der Waals surface area contributed by atoms with Gasteiger partial charge in [-0.25, -0.2) is 9.97 Å². The third-order valence-electron chi connectivity index (χ3n) is 4.84. The molecule has 1 aromatic heterocycles. The fraction of sp³-hybridized carbons (Fsp3) is 0.750. The Hall–Kier alpha value is -1.37. The molecule has 0 unspecified atom stereocenters. The standard InChI is InChI=1S/C16H23F3N4/c17-16(18,19)14-20-9-6-13(21-14)22-15(7-2-1-3-8-15)12-23-10-4-5-11-23/h6,9H,1-5,7-8,10-12H2,(H,20,21,22). The minimum atomic E-state index is -4.51. The molecular weight excluding hydrogens is 305 g/mol. The Labute approximate surface area is 134 Å². The molecule has 0 atom stereocenters. The first kappa shape index (κ1) is 16.5. The summed E-state index contributed by atoms with van der Waals surface area (Å²) in [6, 6.07) is 1.54. The Kier molecular flexibility index (Phi) is 4.75. The number of aromatic nitrogens is 2. The lowest BCUT2D eigenvalue weighted by molar-refractivity contribution is -0.144. The SMILES string of the molecule is FC(F)(F)c1nccc(NC2(CN3CCCC3)CCCCC2)n1. The molecule has 7 heteroatoms. The van der Waals surface area contributed by atoms with Crippen LogP contribution in [0, 0.1) is 0 Å². The zero-order valence-electron chi connectivity index (χ0n) is 13.2. The van der Waals surface area contributed by atoms with Crippen molar-refractivity contribution in [1.29, 1.82) is 0 Å². The molecule has 0 bridgehead atoms. The summed E-state index contributed by atoms with van der Waals surface area (Å²) in [7, 11) is 0. The molecule has 1 aliphatic heterocycles. The fourth-order valence-electron chi connectivity index (χ4n) is 3.76. The van der Waals surface area contributed by atoms with Crippen molar-refractivity contribution in [1.82, 2.24) is 14.9 Å². The molecule has 0 aromatic carbocycles. The van der Waals surface area contributed by atoms with Crippen LogP contribution >= 0.6 is 0 Å². The highest BCUT2D eigenvalue weighted by molar-refractivity contribution is 5.37. The molecule has 1 N–H and O–H groups in total. The maximum atomic E-state index is 12.8. The van der Waals surface area contributed by atoms with Gasteiger partial charge in [0.2, 0.25) is 5.82 Å². The van der Waals surface area contributed by atoms with Gasteiger partial charge in [-0.1, -0.05) is 19.3 Å². The number of alkyl halides is 3. The average Bonchev–Trinajstić information content (AvgIpc) is 3.00. The van der Waals surface area contributed by atoms with Crippen LogP contribution in [0.25, 0.3) is 0 Å². The third-order valence-corrected chi connectivity index (χ3v) is 4.84. The monoisotopic (exact) mass is 328 g/mol. The molecule has 2 aliphatic rings. The van der Waals surface area contributed by atoms with Gasteiger partial charge in [0.1, 0.15) is 5.82 Å². The van der Waals surface area contributed by atoms with Gasteiger partial charge in [-0.05, 0) is 44.8 Å². The molecule has 0 radical (unpaired) electrons. The van der Waals surface area contributed by atoms with Gasteiger partial charge < -0.3 is 10.2 Å². The number of rotatable bonds is 4. The van der Waals surface area contributed by atoms with Gasteiger partial charge in [-0.3, -0.25) is 0 Å². The zero-order chi connectivity index (χ0) is 16.3. The molecule has 0 amide bonds.